The van der Waals surface area contributed by atoms with Gasteiger partial charge in [-0.25, -0.2) is 4.79 Å². The van der Waals surface area contributed by atoms with Gasteiger partial charge in [-0.15, -0.1) is 0 Å². The number of nitrogens with two attached hydrogens (primary N) is 1. The molecule has 0 radical (unpaired) electrons. The van der Waals surface area contributed by atoms with E-state index in [0.29, 0.717) is 36.6 Å². The number of carbonyl (C=O) groups is 1. The number of benzene rings is 1. The number of amides is 1. The molecule has 0 bridgehead atoms. The van der Waals surface area contributed by atoms with Crippen molar-refractivity contribution in [3.05, 3.63) is 51.7 Å². The number of nitrogens with one attached hydrogen (secondary N) is 1. The van der Waals surface area contributed by atoms with E-state index in [4.69, 9.17) is 17.3 Å². The second-order valence-corrected chi connectivity index (χ2v) is 7.83. The van der Waals surface area contributed by atoms with E-state index in [1.165, 1.54) is 9.13 Å². The van der Waals surface area contributed by atoms with Crippen LogP contribution in [0.4, 0.5) is 0 Å². The van der Waals surface area contributed by atoms with Crippen LogP contribution in [-0.2, 0) is 6.54 Å². The fourth-order valence-electron chi connectivity index (χ4n) is 3.66. The summed E-state index contributed by atoms with van der Waals surface area (Å²) in [5.41, 5.74) is 5.24. The highest BCUT2D eigenvalue weighted by molar-refractivity contribution is 6.33. The topological polar surface area (TPSA) is 102 Å². The normalized spacial score (nSPS) is 16.5. The quantitative estimate of drug-likeness (QED) is 0.639. The van der Waals surface area contributed by atoms with Gasteiger partial charge in [0.15, 0.2) is 0 Å². The number of carbonyl (C=O) groups excluding carboxylic acids is 1. The van der Waals surface area contributed by atoms with Gasteiger partial charge in [0, 0.05) is 32.0 Å². The van der Waals surface area contributed by atoms with Crippen molar-refractivity contribution in [1.29, 1.82) is 0 Å². The summed E-state index contributed by atoms with van der Waals surface area (Å²) in [4.78, 5) is 25.1. The van der Waals surface area contributed by atoms with Crippen molar-refractivity contribution in [1.82, 2.24) is 14.5 Å². The van der Waals surface area contributed by atoms with Crippen LogP contribution in [0.1, 0.15) is 48.9 Å². The molecule has 1 amide bonds. The molecule has 0 spiro atoms. The summed E-state index contributed by atoms with van der Waals surface area (Å²) in [5, 5.41) is 13.8. The van der Waals surface area contributed by atoms with Crippen LogP contribution in [-0.4, -0.2) is 38.8 Å². The van der Waals surface area contributed by atoms with Crippen molar-refractivity contribution in [3.63, 3.8) is 0 Å². The van der Waals surface area contributed by atoms with Gasteiger partial charge < -0.3 is 16.2 Å². The monoisotopic (exact) mass is 406 g/mol. The van der Waals surface area contributed by atoms with Crippen LogP contribution in [0.15, 0.2) is 35.4 Å². The van der Waals surface area contributed by atoms with E-state index in [2.05, 4.69) is 5.32 Å². The Morgan fingerprint density at radius 3 is 2.61 bits per heavy atom. The van der Waals surface area contributed by atoms with E-state index in [9.17, 15) is 14.7 Å². The molecule has 1 aromatic heterocycles. The van der Waals surface area contributed by atoms with Crippen LogP contribution < -0.4 is 16.7 Å². The zero-order chi connectivity index (χ0) is 20.1. The molecular weight excluding hydrogens is 380 g/mol. The molecule has 2 aromatic rings. The molecule has 4 N–H and O–H groups in total. The maximum atomic E-state index is 12.7. The van der Waals surface area contributed by atoms with Crippen molar-refractivity contribution >= 4 is 17.5 Å². The zero-order valence-corrected chi connectivity index (χ0v) is 16.6. The lowest BCUT2D eigenvalue weighted by Crippen LogP contribution is -2.42. The summed E-state index contributed by atoms with van der Waals surface area (Å²) in [5.74, 6) is -0.362. The lowest BCUT2D eigenvalue weighted by molar-refractivity contribution is 0.0246. The Morgan fingerprint density at radius 2 is 1.93 bits per heavy atom. The largest absolute Gasteiger partial charge is 0.388 e. The predicted octanol–water partition coefficient (Wildman–Crippen LogP) is 2.07. The van der Waals surface area contributed by atoms with Crippen molar-refractivity contribution < 1.29 is 9.90 Å². The number of imidazole rings is 1. The lowest BCUT2D eigenvalue weighted by Gasteiger charge is -2.26. The molecule has 0 saturated heterocycles. The van der Waals surface area contributed by atoms with Gasteiger partial charge in [0.1, 0.15) is 0 Å². The summed E-state index contributed by atoms with van der Waals surface area (Å²) in [6, 6.07) is 4.87. The van der Waals surface area contributed by atoms with Crippen LogP contribution >= 0.6 is 11.6 Å². The average molecular weight is 407 g/mol. The highest BCUT2D eigenvalue weighted by atomic mass is 35.5. The number of hydrogen-bond acceptors (Lipinski definition) is 4. The molecule has 1 aliphatic rings. The molecule has 8 heteroatoms. The molecule has 0 unspecified atom stereocenters. The maximum Gasteiger partial charge on any atom is 0.332 e. The SMILES string of the molecule is NCCn1ccn(-c2ccc(Cl)c(C(=O)NCC3(O)CCCCCC3)c2)c1=O. The first-order valence-corrected chi connectivity index (χ1v) is 10.1. The lowest BCUT2D eigenvalue weighted by atomic mass is 9.94. The second kappa shape index (κ2) is 8.94. The summed E-state index contributed by atoms with van der Waals surface area (Å²) < 4.78 is 2.96. The molecule has 1 aliphatic carbocycles. The molecule has 1 fully saturated rings. The fourth-order valence-corrected chi connectivity index (χ4v) is 3.86. The number of nitrogens with zero attached hydrogens (tertiary/aromatic N) is 2. The van der Waals surface area contributed by atoms with E-state index in [1.807, 2.05) is 0 Å². The first-order valence-electron chi connectivity index (χ1n) is 9.72. The van der Waals surface area contributed by atoms with Crippen LogP contribution in [0.3, 0.4) is 0 Å². The smallest absolute Gasteiger partial charge is 0.332 e. The van der Waals surface area contributed by atoms with Gasteiger partial charge in [-0.1, -0.05) is 37.3 Å². The van der Waals surface area contributed by atoms with Gasteiger partial charge in [0.25, 0.3) is 5.91 Å². The first-order chi connectivity index (χ1) is 13.4. The Kier molecular flexibility index (Phi) is 6.59. The second-order valence-electron chi connectivity index (χ2n) is 7.42. The molecule has 0 atom stereocenters. The summed E-state index contributed by atoms with van der Waals surface area (Å²) in [6.45, 7) is 0.978. The van der Waals surface area contributed by atoms with E-state index in [0.717, 1.165) is 25.7 Å². The van der Waals surface area contributed by atoms with Crippen molar-refractivity contribution in [3.8, 4) is 5.69 Å². The Bertz CT molecular complexity index is 882. The number of hydrogen-bond donors (Lipinski definition) is 3. The van der Waals surface area contributed by atoms with E-state index >= 15 is 0 Å². The Morgan fingerprint density at radius 1 is 1.21 bits per heavy atom. The number of halogens is 1. The van der Waals surface area contributed by atoms with Crippen LogP contribution in [0.5, 0.6) is 0 Å². The first kappa shape index (κ1) is 20.6. The molecule has 28 heavy (non-hydrogen) atoms. The van der Waals surface area contributed by atoms with Gasteiger partial charge in [-0.3, -0.25) is 13.9 Å². The minimum absolute atomic E-state index is 0.194. The highest BCUT2D eigenvalue weighted by Crippen LogP contribution is 2.27. The van der Waals surface area contributed by atoms with Gasteiger partial charge in [-0.2, -0.15) is 0 Å². The highest BCUT2D eigenvalue weighted by Gasteiger charge is 2.28. The molecule has 1 saturated carbocycles. The number of aromatic nitrogens is 2. The molecular formula is C20H27ClN4O3. The standard InChI is InChI=1S/C20H27ClN4O3/c21-17-6-5-15(25-12-11-24(10-9-22)19(25)27)13-16(17)18(26)23-14-20(28)7-3-1-2-4-8-20/h5-6,11-13,28H,1-4,7-10,14,22H2,(H,23,26). The van der Waals surface area contributed by atoms with Gasteiger partial charge in [-0.05, 0) is 31.0 Å². The van der Waals surface area contributed by atoms with Crippen molar-refractivity contribution in [2.24, 2.45) is 5.73 Å². The molecule has 1 aromatic carbocycles. The molecule has 7 nitrogen and oxygen atoms in total. The predicted molar refractivity (Wildman–Crippen MR) is 109 cm³/mol. The average Bonchev–Trinajstić information content (AvgIpc) is 2.89. The van der Waals surface area contributed by atoms with Crippen LogP contribution in [0.2, 0.25) is 5.02 Å². The van der Waals surface area contributed by atoms with Crippen molar-refractivity contribution in [2.45, 2.75) is 50.7 Å². The Labute approximate surface area is 169 Å². The summed E-state index contributed by atoms with van der Waals surface area (Å²) in [7, 11) is 0. The van der Waals surface area contributed by atoms with Crippen LogP contribution in [0.25, 0.3) is 5.69 Å². The van der Waals surface area contributed by atoms with E-state index in [-0.39, 0.29) is 23.7 Å². The van der Waals surface area contributed by atoms with Crippen LogP contribution in [0, 0.1) is 0 Å². The third-order valence-electron chi connectivity index (χ3n) is 5.30. The third-order valence-corrected chi connectivity index (χ3v) is 5.63. The van der Waals surface area contributed by atoms with Crippen molar-refractivity contribution in [2.75, 3.05) is 13.1 Å². The molecule has 152 valence electrons. The number of rotatable bonds is 6. The summed E-state index contributed by atoms with van der Waals surface area (Å²) >= 11 is 6.22. The minimum Gasteiger partial charge on any atom is -0.388 e. The van der Waals surface area contributed by atoms with Gasteiger partial charge in [0.2, 0.25) is 0 Å². The Hall–Kier alpha value is -2.09. The Balaban J connectivity index is 1.77. The summed E-state index contributed by atoms with van der Waals surface area (Å²) in [6.07, 6.45) is 8.82. The third kappa shape index (κ3) is 4.66. The van der Waals surface area contributed by atoms with E-state index < -0.39 is 5.60 Å². The van der Waals surface area contributed by atoms with E-state index in [1.54, 1.807) is 30.6 Å². The molecule has 0 aliphatic heterocycles. The fraction of sp³-hybridized carbons (Fsp3) is 0.500. The van der Waals surface area contributed by atoms with Gasteiger partial charge >= 0.3 is 5.69 Å². The zero-order valence-electron chi connectivity index (χ0n) is 15.9. The maximum absolute atomic E-state index is 12.7. The minimum atomic E-state index is -0.868. The number of aliphatic hydroxyl groups is 1. The molecule has 3 rings (SSSR count). The molecule has 1 heterocycles. The van der Waals surface area contributed by atoms with Gasteiger partial charge in [0.05, 0.1) is 21.9 Å².